The lowest BCUT2D eigenvalue weighted by molar-refractivity contribution is 1.59. The number of halogens is 1. The molecule has 0 amide bonds. The summed E-state index contributed by atoms with van der Waals surface area (Å²) in [6.07, 6.45) is 5.13. The van der Waals surface area contributed by atoms with E-state index in [2.05, 4.69) is 27.9 Å². The predicted octanol–water partition coefficient (Wildman–Crippen LogP) is 2.23. The van der Waals surface area contributed by atoms with Gasteiger partial charge >= 0.3 is 0 Å². The Labute approximate surface area is 63.0 Å². The van der Waals surface area contributed by atoms with Crippen molar-refractivity contribution in [3.63, 3.8) is 0 Å². The zero-order valence-corrected chi connectivity index (χ0v) is 6.27. The molecule has 1 rings (SSSR count). The molecule has 0 spiro atoms. The quantitative estimate of drug-likeness (QED) is 0.537. The molecule has 0 fully saturated rings. The van der Waals surface area contributed by atoms with E-state index >= 15 is 0 Å². The van der Waals surface area contributed by atoms with E-state index in [1.54, 1.807) is 6.07 Å². The van der Waals surface area contributed by atoms with Gasteiger partial charge in [0.25, 0.3) is 0 Å². The van der Waals surface area contributed by atoms with Crippen LogP contribution in [0.15, 0.2) is 22.7 Å². The zero-order chi connectivity index (χ0) is 6.69. The van der Waals surface area contributed by atoms with Crippen molar-refractivity contribution in [2.24, 2.45) is 0 Å². The molecule has 1 radical (unpaired) electrons. The summed E-state index contributed by atoms with van der Waals surface area (Å²) >= 11 is 3.28. The van der Waals surface area contributed by atoms with Crippen LogP contribution in [-0.4, -0.2) is 0 Å². The van der Waals surface area contributed by atoms with Crippen LogP contribution >= 0.6 is 15.9 Å². The van der Waals surface area contributed by atoms with Crippen LogP contribution in [0.5, 0.6) is 0 Å². The lowest BCUT2D eigenvalue weighted by Crippen LogP contribution is -1.70. The van der Waals surface area contributed by atoms with Gasteiger partial charge in [0.15, 0.2) is 0 Å². The first-order chi connectivity index (χ1) is 4.33. The third-order valence-corrected chi connectivity index (χ3v) is 1.38. The summed E-state index contributed by atoms with van der Waals surface area (Å²) in [5.74, 6) is 2.51. The molecule has 1 aromatic carbocycles. The van der Waals surface area contributed by atoms with Gasteiger partial charge in [0, 0.05) is 10.0 Å². The van der Waals surface area contributed by atoms with Crippen molar-refractivity contribution in [3.05, 3.63) is 34.3 Å². The Morgan fingerprint density at radius 3 is 2.78 bits per heavy atom. The van der Waals surface area contributed by atoms with Gasteiger partial charge in [0.2, 0.25) is 0 Å². The molecule has 0 aliphatic rings. The minimum absolute atomic E-state index is 0.851. The third kappa shape index (κ3) is 1.58. The molecule has 0 saturated heterocycles. The monoisotopic (exact) mass is 179 g/mol. The molecule has 0 N–H and O–H groups in total. The molecule has 0 saturated carbocycles. The Hall–Kier alpha value is -0.740. The van der Waals surface area contributed by atoms with E-state index in [1.165, 1.54) is 0 Å². The van der Waals surface area contributed by atoms with Crippen LogP contribution < -0.4 is 0 Å². The van der Waals surface area contributed by atoms with Crippen LogP contribution in [0.25, 0.3) is 0 Å². The van der Waals surface area contributed by atoms with Crippen molar-refractivity contribution >= 4 is 15.9 Å². The Morgan fingerprint density at radius 1 is 1.56 bits per heavy atom. The highest BCUT2D eigenvalue weighted by atomic mass is 79.9. The maximum Gasteiger partial charge on any atom is 0.0259 e. The van der Waals surface area contributed by atoms with Gasteiger partial charge in [-0.15, -0.1) is 6.42 Å². The number of terminal acetylenes is 1. The summed E-state index contributed by atoms with van der Waals surface area (Å²) in [5, 5.41) is 0. The first-order valence-corrected chi connectivity index (χ1v) is 3.25. The molecule has 0 atom stereocenters. The van der Waals surface area contributed by atoms with Gasteiger partial charge in [0.1, 0.15) is 0 Å². The highest BCUT2D eigenvalue weighted by Gasteiger charge is 1.85. The smallest absolute Gasteiger partial charge is 0.0259 e. The average Bonchev–Trinajstić information content (AvgIpc) is 1.88. The van der Waals surface area contributed by atoms with Crippen molar-refractivity contribution in [3.8, 4) is 12.3 Å². The minimum Gasteiger partial charge on any atom is -0.115 e. The largest absolute Gasteiger partial charge is 0.115 e. The fourth-order valence-corrected chi connectivity index (χ4v) is 0.905. The van der Waals surface area contributed by atoms with Crippen LogP contribution in [0.1, 0.15) is 5.56 Å². The Kier molecular flexibility index (Phi) is 1.92. The van der Waals surface area contributed by atoms with Gasteiger partial charge in [-0.2, -0.15) is 0 Å². The molecule has 0 aliphatic carbocycles. The van der Waals surface area contributed by atoms with E-state index in [0.29, 0.717) is 0 Å². The molecule has 0 aromatic heterocycles. The van der Waals surface area contributed by atoms with Crippen LogP contribution in [0.2, 0.25) is 0 Å². The van der Waals surface area contributed by atoms with Gasteiger partial charge < -0.3 is 0 Å². The molecule has 0 bridgehead atoms. The van der Waals surface area contributed by atoms with Gasteiger partial charge in [-0.1, -0.05) is 21.9 Å². The van der Waals surface area contributed by atoms with Crippen LogP contribution in [0.4, 0.5) is 0 Å². The molecule has 43 valence electrons. The molecular formula is C8H4Br. The molecule has 0 aliphatic heterocycles. The Morgan fingerprint density at radius 2 is 2.33 bits per heavy atom. The molecule has 9 heavy (non-hydrogen) atoms. The average molecular weight is 180 g/mol. The third-order valence-electron chi connectivity index (χ3n) is 0.920. The van der Waals surface area contributed by atoms with E-state index in [4.69, 9.17) is 6.42 Å². The highest BCUT2D eigenvalue weighted by molar-refractivity contribution is 9.10. The van der Waals surface area contributed by atoms with Crippen LogP contribution in [0, 0.1) is 18.4 Å². The van der Waals surface area contributed by atoms with Crippen molar-refractivity contribution in [1.82, 2.24) is 0 Å². The fourth-order valence-electron chi connectivity index (χ4n) is 0.526. The van der Waals surface area contributed by atoms with Crippen LogP contribution in [0.3, 0.4) is 0 Å². The lowest BCUT2D eigenvalue weighted by atomic mass is 10.2. The second-order valence-electron chi connectivity index (χ2n) is 1.58. The van der Waals surface area contributed by atoms with Gasteiger partial charge in [-0.3, -0.25) is 0 Å². The zero-order valence-electron chi connectivity index (χ0n) is 4.69. The molecule has 1 aromatic rings. The summed E-state index contributed by atoms with van der Waals surface area (Å²) < 4.78 is 0.970. The molecule has 1 heteroatoms. The SMILES string of the molecule is C#Cc1c[c]cc(Br)c1. The molecule has 0 heterocycles. The Bertz CT molecular complexity index is 245. The molecular weight excluding hydrogens is 176 g/mol. The number of rotatable bonds is 0. The van der Waals surface area contributed by atoms with E-state index in [1.807, 2.05) is 12.1 Å². The summed E-state index contributed by atoms with van der Waals surface area (Å²) in [4.78, 5) is 0. The van der Waals surface area contributed by atoms with Crippen molar-refractivity contribution in [1.29, 1.82) is 0 Å². The van der Waals surface area contributed by atoms with Crippen molar-refractivity contribution in [2.45, 2.75) is 0 Å². The molecule has 0 unspecified atom stereocenters. The summed E-state index contributed by atoms with van der Waals surface area (Å²) in [7, 11) is 0. The second kappa shape index (κ2) is 2.70. The number of hydrogen-bond donors (Lipinski definition) is 0. The van der Waals surface area contributed by atoms with E-state index in [0.717, 1.165) is 10.0 Å². The van der Waals surface area contributed by atoms with E-state index < -0.39 is 0 Å². The topological polar surface area (TPSA) is 0 Å². The van der Waals surface area contributed by atoms with Gasteiger partial charge in [-0.25, -0.2) is 0 Å². The maximum absolute atomic E-state index is 5.13. The normalized spacial score (nSPS) is 8.44. The van der Waals surface area contributed by atoms with Gasteiger partial charge in [-0.05, 0) is 24.3 Å². The first-order valence-electron chi connectivity index (χ1n) is 2.46. The first kappa shape index (κ1) is 6.38. The summed E-state index contributed by atoms with van der Waals surface area (Å²) in [6, 6.07) is 8.35. The standard InChI is InChI=1S/C8H4Br/c1-2-7-4-3-5-8(9)6-7/h1,4-6H. The van der Waals surface area contributed by atoms with Gasteiger partial charge in [0.05, 0.1) is 0 Å². The lowest BCUT2D eigenvalue weighted by Gasteiger charge is -1.88. The highest BCUT2D eigenvalue weighted by Crippen LogP contribution is 2.09. The Balaban J connectivity index is 3.12. The predicted molar refractivity (Wildman–Crippen MR) is 40.9 cm³/mol. The van der Waals surface area contributed by atoms with E-state index in [-0.39, 0.29) is 0 Å². The van der Waals surface area contributed by atoms with Crippen molar-refractivity contribution < 1.29 is 0 Å². The number of hydrogen-bond acceptors (Lipinski definition) is 0. The summed E-state index contributed by atoms with van der Waals surface area (Å²) in [5.41, 5.74) is 0.851. The fraction of sp³-hybridized carbons (Fsp3) is 0. The minimum atomic E-state index is 0.851. The maximum atomic E-state index is 5.13. The number of benzene rings is 1. The van der Waals surface area contributed by atoms with Crippen molar-refractivity contribution in [2.75, 3.05) is 0 Å². The summed E-state index contributed by atoms with van der Waals surface area (Å²) in [6.45, 7) is 0. The van der Waals surface area contributed by atoms with Crippen LogP contribution in [-0.2, 0) is 0 Å². The van der Waals surface area contributed by atoms with E-state index in [9.17, 15) is 0 Å². The molecule has 0 nitrogen and oxygen atoms in total. The second-order valence-corrected chi connectivity index (χ2v) is 2.50.